The van der Waals surface area contributed by atoms with Crippen LogP contribution >= 0.6 is 0 Å². The summed E-state index contributed by atoms with van der Waals surface area (Å²) in [7, 11) is 0. The van der Waals surface area contributed by atoms with Gasteiger partial charge < -0.3 is 52.7 Å². The highest BCUT2D eigenvalue weighted by molar-refractivity contribution is 5.79. The molecule has 0 bridgehead atoms. The predicted octanol–water partition coefficient (Wildman–Crippen LogP) is 9.85. The third kappa shape index (κ3) is 29.3. The van der Waals surface area contributed by atoms with E-state index in [-0.39, 0.29) is 18.5 Å². The Hall–Kier alpha value is -3.14. The summed E-state index contributed by atoms with van der Waals surface area (Å²) in [6.45, 7) is 10.9. The van der Waals surface area contributed by atoms with E-state index in [4.69, 9.17) is 47.4 Å². The zero-order chi connectivity index (χ0) is 45.9. The van der Waals surface area contributed by atoms with Crippen molar-refractivity contribution in [3.63, 3.8) is 0 Å². The lowest BCUT2D eigenvalue weighted by Crippen LogP contribution is -2.27. The van der Waals surface area contributed by atoms with Gasteiger partial charge in [0, 0.05) is 25.5 Å². The summed E-state index contributed by atoms with van der Waals surface area (Å²) < 4.78 is 55.1. The molecule has 2 aromatic carbocycles. The van der Waals surface area contributed by atoms with Crippen LogP contribution < -0.4 is 5.32 Å². The molecule has 0 atom stereocenters. The van der Waals surface area contributed by atoms with Crippen LogP contribution in [0.5, 0.6) is 0 Å². The number of carbonyl (C=O) groups is 2. The minimum absolute atomic E-state index is 0.0475. The number of fused-ring (bicyclic) bond motifs is 3. The van der Waals surface area contributed by atoms with E-state index >= 15 is 0 Å². The topological polar surface area (TPSA) is 138 Å². The number of carbonyl (C=O) groups excluding carboxylic acids is 2. The van der Waals surface area contributed by atoms with Crippen molar-refractivity contribution < 1.29 is 57.0 Å². The van der Waals surface area contributed by atoms with Gasteiger partial charge in [-0.2, -0.15) is 0 Å². The Labute approximate surface area is 391 Å². The average Bonchev–Trinajstić information content (AvgIpc) is 3.64. The fraction of sp³-hybridized carbons (Fsp3) is 0.731. The Kier molecular flexibility index (Phi) is 35.5. The van der Waals surface area contributed by atoms with E-state index in [2.05, 4.69) is 36.5 Å². The first-order chi connectivity index (χ1) is 32.2. The molecule has 0 fully saturated rings. The van der Waals surface area contributed by atoms with Crippen LogP contribution in [-0.4, -0.2) is 138 Å². The zero-order valence-corrected chi connectivity index (χ0v) is 40.1. The first-order valence-corrected chi connectivity index (χ1v) is 25.1. The fourth-order valence-electron chi connectivity index (χ4n) is 7.58. The quantitative estimate of drug-likeness (QED) is 0.0500. The monoisotopic (exact) mass is 916 g/mol. The normalized spacial score (nSPS) is 12.1. The highest BCUT2D eigenvalue weighted by Gasteiger charge is 2.29. The molecular weight excluding hydrogens is 831 g/mol. The van der Waals surface area contributed by atoms with E-state index in [1.54, 1.807) is 0 Å². The van der Waals surface area contributed by atoms with E-state index in [1.807, 2.05) is 24.3 Å². The summed E-state index contributed by atoms with van der Waals surface area (Å²) in [5.74, 6) is -0.0865. The van der Waals surface area contributed by atoms with E-state index in [9.17, 15) is 9.59 Å². The van der Waals surface area contributed by atoms with Gasteiger partial charge in [-0.1, -0.05) is 145 Å². The Balaban J connectivity index is 0.918. The van der Waals surface area contributed by atoms with Crippen molar-refractivity contribution in [3.8, 4) is 11.1 Å². The van der Waals surface area contributed by atoms with Gasteiger partial charge in [-0.25, -0.2) is 4.79 Å². The van der Waals surface area contributed by atoms with Gasteiger partial charge in [0.2, 0.25) is 0 Å². The summed E-state index contributed by atoms with van der Waals surface area (Å²) in [4.78, 5) is 24.2. The van der Waals surface area contributed by atoms with Crippen molar-refractivity contribution in [1.82, 2.24) is 5.32 Å². The van der Waals surface area contributed by atoms with Gasteiger partial charge in [0.25, 0.3) is 0 Å². The molecule has 0 saturated heterocycles. The van der Waals surface area contributed by atoms with E-state index in [0.717, 1.165) is 12.8 Å². The second-order valence-corrected chi connectivity index (χ2v) is 16.4. The highest BCUT2D eigenvalue weighted by Crippen LogP contribution is 2.44. The van der Waals surface area contributed by atoms with Gasteiger partial charge in [-0.3, -0.25) is 4.79 Å². The third-order valence-electron chi connectivity index (χ3n) is 11.2. The number of benzene rings is 2. The molecule has 0 radical (unpaired) electrons. The summed E-state index contributed by atoms with van der Waals surface area (Å²) >= 11 is 0. The molecule has 1 N–H and O–H groups in total. The van der Waals surface area contributed by atoms with Crippen molar-refractivity contribution in [3.05, 3.63) is 59.7 Å². The van der Waals surface area contributed by atoms with Gasteiger partial charge in [0.05, 0.1) is 99.1 Å². The number of hydrogen-bond acceptors (Lipinski definition) is 12. The molecule has 2 aromatic rings. The molecule has 0 aromatic heterocycles. The van der Waals surface area contributed by atoms with E-state index in [0.29, 0.717) is 132 Å². The zero-order valence-electron chi connectivity index (χ0n) is 40.1. The van der Waals surface area contributed by atoms with Gasteiger partial charge >= 0.3 is 12.1 Å². The maximum atomic E-state index is 12.3. The molecule has 370 valence electrons. The molecule has 0 aliphatic heterocycles. The van der Waals surface area contributed by atoms with Crippen molar-refractivity contribution in [1.29, 1.82) is 0 Å². The van der Waals surface area contributed by atoms with Gasteiger partial charge in [-0.15, -0.1) is 0 Å². The number of esters is 1. The van der Waals surface area contributed by atoms with Crippen LogP contribution in [0.2, 0.25) is 0 Å². The molecular formula is C52H85NO12. The minimum atomic E-state index is -0.416. The molecule has 13 heteroatoms. The average molecular weight is 916 g/mol. The van der Waals surface area contributed by atoms with Crippen LogP contribution in [0.1, 0.15) is 133 Å². The number of rotatable bonds is 46. The number of amides is 1. The molecule has 0 heterocycles. The number of nitrogens with one attached hydrogen (secondary N) is 1. The van der Waals surface area contributed by atoms with E-state index in [1.165, 1.54) is 106 Å². The molecule has 0 unspecified atom stereocenters. The summed E-state index contributed by atoms with van der Waals surface area (Å²) in [5, 5.41) is 2.81. The van der Waals surface area contributed by atoms with Crippen LogP contribution in [0, 0.1) is 0 Å². The van der Waals surface area contributed by atoms with Crippen molar-refractivity contribution in [2.24, 2.45) is 0 Å². The number of alkyl carbamates (subject to hydrolysis) is 1. The smallest absolute Gasteiger partial charge is 0.407 e. The van der Waals surface area contributed by atoms with Gasteiger partial charge in [0.1, 0.15) is 13.2 Å². The van der Waals surface area contributed by atoms with Crippen LogP contribution in [0.4, 0.5) is 4.79 Å². The minimum Gasteiger partial charge on any atom is -0.463 e. The standard InChI is InChI=1S/C52H85NO12/c1-2-3-4-5-6-7-8-9-10-11-12-13-14-15-16-26-51(54)64-44-43-63-42-41-62-40-39-61-38-37-60-36-35-59-34-33-58-32-31-57-30-29-56-28-21-27-53-52(55)65-45-50-48-24-19-17-22-46(48)47-23-18-20-25-49(47)50/h17-20,22-25,50H,2-16,21,26-45H2,1H3,(H,53,55). The van der Waals surface area contributed by atoms with Crippen molar-refractivity contribution in [2.45, 2.75) is 122 Å². The molecule has 13 nitrogen and oxygen atoms in total. The number of hydrogen-bond donors (Lipinski definition) is 1. The summed E-state index contributed by atoms with van der Waals surface area (Å²) in [6, 6.07) is 16.6. The fourth-order valence-corrected chi connectivity index (χ4v) is 7.58. The van der Waals surface area contributed by atoms with Gasteiger partial charge in [0.15, 0.2) is 0 Å². The lowest BCUT2D eigenvalue weighted by Gasteiger charge is -2.14. The third-order valence-corrected chi connectivity index (χ3v) is 11.2. The predicted molar refractivity (Wildman–Crippen MR) is 255 cm³/mol. The number of ether oxygens (including phenoxy) is 10. The van der Waals surface area contributed by atoms with E-state index < -0.39 is 6.09 Å². The molecule has 1 amide bonds. The molecule has 65 heavy (non-hydrogen) atoms. The Morgan fingerprint density at radius 1 is 0.415 bits per heavy atom. The second-order valence-electron chi connectivity index (χ2n) is 16.4. The lowest BCUT2D eigenvalue weighted by molar-refractivity contribution is -0.145. The lowest BCUT2D eigenvalue weighted by atomic mass is 9.98. The Morgan fingerprint density at radius 2 is 0.769 bits per heavy atom. The maximum absolute atomic E-state index is 12.3. The second kappa shape index (κ2) is 41.1. The Bertz CT molecular complexity index is 1380. The van der Waals surface area contributed by atoms with Crippen LogP contribution in [0.15, 0.2) is 48.5 Å². The van der Waals surface area contributed by atoms with Gasteiger partial charge in [-0.05, 0) is 35.1 Å². The molecule has 1 aliphatic carbocycles. The van der Waals surface area contributed by atoms with Crippen LogP contribution in [-0.2, 0) is 52.2 Å². The first-order valence-electron chi connectivity index (χ1n) is 25.1. The largest absolute Gasteiger partial charge is 0.463 e. The highest BCUT2D eigenvalue weighted by atomic mass is 16.6. The Morgan fingerprint density at radius 3 is 1.18 bits per heavy atom. The summed E-state index contributed by atoms with van der Waals surface area (Å²) in [6.07, 6.45) is 20.4. The van der Waals surface area contributed by atoms with Crippen LogP contribution in [0.3, 0.4) is 0 Å². The van der Waals surface area contributed by atoms with Crippen molar-refractivity contribution in [2.75, 3.05) is 125 Å². The SMILES string of the molecule is CCCCCCCCCCCCCCCCCC(=O)OCCOCCOCCOCCOCCOCCOCCOCCOCCCNC(=O)OCC1c2ccccc2-c2ccccc21. The maximum Gasteiger partial charge on any atom is 0.407 e. The number of unbranched alkanes of at least 4 members (excludes halogenated alkanes) is 14. The summed E-state index contributed by atoms with van der Waals surface area (Å²) in [5.41, 5.74) is 4.81. The first kappa shape index (κ1) is 56.2. The molecule has 0 saturated carbocycles. The molecule has 3 rings (SSSR count). The molecule has 0 spiro atoms. The van der Waals surface area contributed by atoms with Crippen molar-refractivity contribution >= 4 is 12.1 Å². The molecule has 1 aliphatic rings. The van der Waals surface area contributed by atoms with Crippen LogP contribution in [0.25, 0.3) is 11.1 Å².